The van der Waals surface area contributed by atoms with E-state index in [0.717, 1.165) is 68.6 Å². The first-order chi connectivity index (χ1) is 21.8. The third kappa shape index (κ3) is 8.56. The molecule has 1 fully saturated rings. The number of nitrogens with zero attached hydrogens (tertiary/aromatic N) is 5. The number of hydrazine groups is 2. The van der Waals surface area contributed by atoms with Crippen LogP contribution in [0.15, 0.2) is 72.8 Å². The molecule has 0 amide bonds. The van der Waals surface area contributed by atoms with E-state index in [1.807, 2.05) is 55.6 Å². The van der Waals surface area contributed by atoms with Gasteiger partial charge in [0.1, 0.15) is 12.4 Å². The van der Waals surface area contributed by atoms with Crippen molar-refractivity contribution in [3.05, 3.63) is 101 Å². The van der Waals surface area contributed by atoms with E-state index in [0.29, 0.717) is 6.61 Å². The van der Waals surface area contributed by atoms with Crippen LogP contribution in [0, 0.1) is 18.8 Å². The fourth-order valence-corrected chi connectivity index (χ4v) is 6.70. The third-order valence-corrected chi connectivity index (χ3v) is 9.84. The molecular weight excluding hydrogens is 560 g/mol. The van der Waals surface area contributed by atoms with Crippen molar-refractivity contribution < 1.29 is 9.53 Å². The summed E-state index contributed by atoms with van der Waals surface area (Å²) >= 11 is 0. The van der Waals surface area contributed by atoms with Crippen LogP contribution in [0.25, 0.3) is 0 Å². The number of piperidine rings is 1. The number of carbonyl (C=O) groups excluding carboxylic acids is 1. The molecular formula is C37H52N6O2. The van der Waals surface area contributed by atoms with Gasteiger partial charge in [0.15, 0.2) is 0 Å². The van der Waals surface area contributed by atoms with Gasteiger partial charge in [0.25, 0.3) is 0 Å². The Kier molecular flexibility index (Phi) is 11.3. The Balaban J connectivity index is 1.32. The lowest BCUT2D eigenvalue weighted by atomic mass is 9.82. The zero-order valence-corrected chi connectivity index (χ0v) is 27.9. The predicted octanol–water partition coefficient (Wildman–Crippen LogP) is 6.63. The quantitative estimate of drug-likeness (QED) is 0.205. The fourth-order valence-electron chi connectivity index (χ4n) is 6.70. The van der Waals surface area contributed by atoms with Crippen molar-refractivity contribution in [3.63, 3.8) is 0 Å². The molecule has 5 rings (SSSR count). The molecule has 1 aromatic heterocycles. The first-order valence-corrected chi connectivity index (χ1v) is 16.8. The Hall–Kier alpha value is -3.62. The number of aryl methyl sites for hydroxylation is 1. The minimum atomic E-state index is -0.291. The molecule has 2 aliphatic rings. The van der Waals surface area contributed by atoms with Gasteiger partial charge in [0.05, 0.1) is 12.5 Å². The lowest BCUT2D eigenvalue weighted by Crippen LogP contribution is -2.38. The number of esters is 1. The topological polar surface area (TPSA) is 65.9 Å². The van der Waals surface area contributed by atoms with Gasteiger partial charge in [0.2, 0.25) is 0 Å². The number of benzene rings is 2. The summed E-state index contributed by atoms with van der Waals surface area (Å²) in [6.07, 6.45) is 11.7. The van der Waals surface area contributed by atoms with Crippen molar-refractivity contribution in [2.45, 2.75) is 85.4 Å². The molecule has 0 spiro atoms. The van der Waals surface area contributed by atoms with Crippen LogP contribution in [0.3, 0.4) is 0 Å². The van der Waals surface area contributed by atoms with E-state index in [-0.39, 0.29) is 17.8 Å². The number of hydrogen-bond donors (Lipinski definition) is 1. The molecule has 0 bridgehead atoms. The maximum Gasteiger partial charge on any atom is 0.309 e. The summed E-state index contributed by atoms with van der Waals surface area (Å²) in [5.74, 6) is 1.55. The molecule has 2 atom stereocenters. The van der Waals surface area contributed by atoms with E-state index >= 15 is 0 Å². The first-order valence-electron chi connectivity index (χ1n) is 16.8. The summed E-state index contributed by atoms with van der Waals surface area (Å²) in [5.41, 5.74) is 9.32. The number of imidazole rings is 1. The minimum Gasteiger partial charge on any atom is -0.461 e. The van der Waals surface area contributed by atoms with Crippen molar-refractivity contribution in [1.29, 1.82) is 0 Å². The number of likely N-dealkylation sites (tertiary alicyclic amines) is 1. The highest BCUT2D eigenvalue weighted by Crippen LogP contribution is 2.34. The molecule has 2 aliphatic heterocycles. The van der Waals surface area contributed by atoms with Crippen LogP contribution in [0.2, 0.25) is 0 Å². The maximum absolute atomic E-state index is 13.5. The molecule has 3 aromatic rings. The Morgan fingerprint density at radius 2 is 1.87 bits per heavy atom. The number of ether oxygens (including phenoxy) is 1. The molecule has 0 aliphatic carbocycles. The maximum atomic E-state index is 13.5. The van der Waals surface area contributed by atoms with Crippen LogP contribution < -0.4 is 5.43 Å². The van der Waals surface area contributed by atoms with Gasteiger partial charge in [-0.1, -0.05) is 68.8 Å². The normalized spacial score (nSPS) is 17.6. The van der Waals surface area contributed by atoms with Crippen molar-refractivity contribution in [1.82, 2.24) is 30.0 Å². The summed E-state index contributed by atoms with van der Waals surface area (Å²) < 4.78 is 8.15. The third-order valence-electron chi connectivity index (χ3n) is 9.84. The van der Waals surface area contributed by atoms with Crippen LogP contribution >= 0.6 is 0 Å². The van der Waals surface area contributed by atoms with Gasteiger partial charge in [-0.3, -0.25) is 14.7 Å². The SMILES string of the molecule is CCC1CCN(Cc2nccn2Cc2cc(C(CCC3=CN(CC)N(C)N3)C(C)C(=O)OCc3ccccc3)ccc2C)CC1. The van der Waals surface area contributed by atoms with Crippen LogP contribution in [0.1, 0.15) is 86.9 Å². The fraction of sp³-hybridized carbons (Fsp3) is 0.514. The average Bonchev–Trinajstić information content (AvgIpc) is 3.66. The lowest BCUT2D eigenvalue weighted by Gasteiger charge is -2.31. The van der Waals surface area contributed by atoms with Crippen LogP contribution in [-0.4, -0.2) is 57.2 Å². The van der Waals surface area contributed by atoms with Crippen molar-refractivity contribution >= 4 is 5.97 Å². The number of nitrogens with one attached hydrogen (secondary N) is 1. The zero-order valence-electron chi connectivity index (χ0n) is 27.9. The summed E-state index contributed by atoms with van der Waals surface area (Å²) in [6, 6.07) is 16.6. The molecule has 3 heterocycles. The molecule has 2 aromatic carbocycles. The monoisotopic (exact) mass is 612 g/mol. The van der Waals surface area contributed by atoms with E-state index < -0.39 is 0 Å². The van der Waals surface area contributed by atoms with Gasteiger partial charge in [-0.15, -0.1) is 5.12 Å². The van der Waals surface area contributed by atoms with Crippen molar-refractivity contribution in [2.75, 3.05) is 26.7 Å². The van der Waals surface area contributed by atoms with Gasteiger partial charge >= 0.3 is 5.97 Å². The van der Waals surface area contributed by atoms with Gasteiger partial charge in [-0.05, 0) is 86.7 Å². The molecule has 0 saturated carbocycles. The Bertz CT molecular complexity index is 1410. The highest BCUT2D eigenvalue weighted by atomic mass is 16.5. The number of carbonyl (C=O) groups is 1. The molecule has 1 N–H and O–H groups in total. The van der Waals surface area contributed by atoms with Gasteiger partial charge in [-0.25, -0.2) is 4.98 Å². The van der Waals surface area contributed by atoms with Crippen molar-refractivity contribution in [3.8, 4) is 0 Å². The molecule has 45 heavy (non-hydrogen) atoms. The van der Waals surface area contributed by atoms with Gasteiger partial charge in [0, 0.05) is 44.4 Å². The molecule has 8 nitrogen and oxygen atoms in total. The van der Waals surface area contributed by atoms with Crippen LogP contribution in [0.5, 0.6) is 0 Å². The van der Waals surface area contributed by atoms with E-state index in [9.17, 15) is 4.79 Å². The Morgan fingerprint density at radius 3 is 2.58 bits per heavy atom. The smallest absolute Gasteiger partial charge is 0.309 e. The Morgan fingerprint density at radius 1 is 1.09 bits per heavy atom. The largest absolute Gasteiger partial charge is 0.461 e. The molecule has 2 unspecified atom stereocenters. The Labute approximate surface area is 270 Å². The summed E-state index contributed by atoms with van der Waals surface area (Å²) in [4.78, 5) is 20.8. The second kappa shape index (κ2) is 15.6. The summed E-state index contributed by atoms with van der Waals surface area (Å²) in [6.45, 7) is 13.8. The number of rotatable bonds is 14. The number of hydrogen-bond acceptors (Lipinski definition) is 7. The number of allylic oxidation sites excluding steroid dienone is 1. The first kappa shape index (κ1) is 32.8. The van der Waals surface area contributed by atoms with E-state index in [4.69, 9.17) is 9.72 Å². The summed E-state index contributed by atoms with van der Waals surface area (Å²) in [7, 11) is 2.03. The van der Waals surface area contributed by atoms with Gasteiger partial charge in [-0.2, -0.15) is 0 Å². The predicted molar refractivity (Wildman–Crippen MR) is 180 cm³/mol. The van der Waals surface area contributed by atoms with E-state index in [1.165, 1.54) is 36.0 Å². The highest BCUT2D eigenvalue weighted by molar-refractivity contribution is 5.73. The second-order valence-electron chi connectivity index (χ2n) is 12.9. The second-order valence-corrected chi connectivity index (χ2v) is 12.9. The van der Waals surface area contributed by atoms with Crippen LogP contribution in [0.4, 0.5) is 0 Å². The molecule has 0 radical (unpaired) electrons. The van der Waals surface area contributed by atoms with Crippen LogP contribution in [-0.2, 0) is 29.2 Å². The molecule has 8 heteroatoms. The molecule has 242 valence electrons. The van der Waals surface area contributed by atoms with Gasteiger partial charge < -0.3 is 14.7 Å². The van der Waals surface area contributed by atoms with E-state index in [1.54, 1.807) is 0 Å². The average molecular weight is 613 g/mol. The standard InChI is InChI=1S/C37H52N6O2/c1-6-30-17-20-41(21-18-30)26-36-38-19-22-42(36)24-33-23-32(14-13-28(33)3)35(16-15-34-25-43(7-2)40(5)39-34)29(4)37(44)45-27-31-11-9-8-10-12-31/h8-14,19,22-23,25,29-30,35,39H,6-7,15-18,20-21,24,26-27H2,1-5H3. The zero-order chi connectivity index (χ0) is 31.8. The number of aromatic nitrogens is 2. The summed E-state index contributed by atoms with van der Waals surface area (Å²) in [5, 5.41) is 4.17. The highest BCUT2D eigenvalue weighted by Gasteiger charge is 2.29. The van der Waals surface area contributed by atoms with E-state index in [2.05, 4.69) is 71.3 Å². The molecule has 1 saturated heterocycles. The lowest BCUT2D eigenvalue weighted by molar-refractivity contribution is -0.150. The van der Waals surface area contributed by atoms with Crippen molar-refractivity contribution in [2.24, 2.45) is 11.8 Å². The minimum absolute atomic E-state index is 0.0124.